The predicted molar refractivity (Wildman–Crippen MR) is 98.2 cm³/mol. The molecule has 1 rings (SSSR count). The Morgan fingerprint density at radius 3 is 1.45 bits per heavy atom. The van der Waals surface area contributed by atoms with E-state index in [-0.39, 0.29) is 23.0 Å². The third kappa shape index (κ3) is 5.23. The topological polar surface area (TPSA) is 18.5 Å². The molecule has 1 heterocycles. The van der Waals surface area contributed by atoms with Crippen LogP contribution in [0.15, 0.2) is 0 Å². The van der Waals surface area contributed by atoms with Gasteiger partial charge in [-0.2, -0.15) is 0 Å². The fraction of sp³-hybridized carbons (Fsp3) is 1.00. The van der Waals surface area contributed by atoms with E-state index in [4.69, 9.17) is 9.47 Å². The second-order valence-corrected chi connectivity index (χ2v) is 13.3. The fourth-order valence-electron chi connectivity index (χ4n) is 3.36. The SMILES string of the molecule is Br.CCCCP(C)(CCCC)(CCCC)C1OCCO1. The maximum absolute atomic E-state index is 6.05. The molecule has 1 saturated heterocycles. The molecule has 0 saturated carbocycles. The predicted octanol–water partition coefficient (Wildman–Crippen LogP) is 5.48. The third-order valence-electron chi connectivity index (χ3n) is 4.80. The third-order valence-corrected chi connectivity index (χ3v) is 11.4. The van der Waals surface area contributed by atoms with Crippen LogP contribution in [0, 0.1) is 0 Å². The zero-order valence-corrected chi connectivity index (χ0v) is 16.6. The summed E-state index contributed by atoms with van der Waals surface area (Å²) in [6.45, 7) is 9.25. The Balaban J connectivity index is 0.00000361. The zero-order chi connectivity index (χ0) is 14.2. The van der Waals surface area contributed by atoms with Gasteiger partial charge < -0.3 is 0 Å². The van der Waals surface area contributed by atoms with Gasteiger partial charge in [0.05, 0.1) is 0 Å². The molecule has 0 spiro atoms. The quantitative estimate of drug-likeness (QED) is 0.474. The van der Waals surface area contributed by atoms with Gasteiger partial charge in [-0.3, -0.25) is 0 Å². The molecule has 1 aliphatic heterocycles. The van der Waals surface area contributed by atoms with Crippen molar-refractivity contribution in [1.82, 2.24) is 0 Å². The van der Waals surface area contributed by atoms with E-state index in [1.807, 2.05) is 0 Å². The van der Waals surface area contributed by atoms with E-state index in [9.17, 15) is 0 Å². The Hall–Kier alpha value is 0.830. The molecule has 1 aliphatic rings. The van der Waals surface area contributed by atoms with Crippen molar-refractivity contribution < 1.29 is 9.47 Å². The molecule has 0 aromatic rings. The van der Waals surface area contributed by atoms with Crippen LogP contribution >= 0.6 is 23.6 Å². The van der Waals surface area contributed by atoms with E-state index >= 15 is 0 Å². The number of unbranched alkanes of at least 4 members (excludes halogenated alkanes) is 3. The molecule has 20 heavy (non-hydrogen) atoms. The van der Waals surface area contributed by atoms with Gasteiger partial charge in [-0.15, -0.1) is 17.0 Å². The molecule has 0 bridgehead atoms. The average Bonchev–Trinajstić information content (AvgIpc) is 2.97. The van der Waals surface area contributed by atoms with Gasteiger partial charge in [-0.05, 0) is 0 Å². The van der Waals surface area contributed by atoms with Gasteiger partial charge in [-0.25, -0.2) is 0 Å². The van der Waals surface area contributed by atoms with Crippen molar-refractivity contribution in [2.24, 2.45) is 0 Å². The number of hydrogen-bond donors (Lipinski definition) is 0. The summed E-state index contributed by atoms with van der Waals surface area (Å²) >= 11 is 0. The van der Waals surface area contributed by atoms with E-state index in [0.29, 0.717) is 0 Å². The molecule has 0 aromatic heterocycles. The van der Waals surface area contributed by atoms with Gasteiger partial charge in [-0.1, -0.05) is 0 Å². The van der Waals surface area contributed by atoms with Crippen LogP contribution in [0.3, 0.4) is 0 Å². The van der Waals surface area contributed by atoms with Gasteiger partial charge in [0.25, 0.3) is 0 Å². The summed E-state index contributed by atoms with van der Waals surface area (Å²) in [5.41, 5.74) is 0. The molecule has 0 amide bonds. The zero-order valence-electron chi connectivity index (χ0n) is 14.0. The molecule has 0 radical (unpaired) electrons. The molecule has 124 valence electrons. The fourth-order valence-corrected chi connectivity index (χ4v) is 9.59. The Morgan fingerprint density at radius 1 is 0.800 bits per heavy atom. The van der Waals surface area contributed by atoms with Crippen molar-refractivity contribution in [3.8, 4) is 0 Å². The summed E-state index contributed by atoms with van der Waals surface area (Å²) in [7, 11) is 0. The first-order valence-corrected chi connectivity index (χ1v) is 11.6. The first-order valence-electron chi connectivity index (χ1n) is 8.32. The first kappa shape index (κ1) is 20.8. The van der Waals surface area contributed by atoms with E-state index < -0.39 is 6.60 Å². The molecule has 2 nitrogen and oxygen atoms in total. The van der Waals surface area contributed by atoms with Crippen molar-refractivity contribution in [3.05, 3.63) is 0 Å². The molecule has 1 fully saturated rings. The van der Waals surface area contributed by atoms with Crippen LogP contribution in [0.25, 0.3) is 0 Å². The Kier molecular flexibility index (Phi) is 10.2. The standard InChI is InChI=1S/C16H35O2P.BrH/c1-5-8-13-19(4,14-9-6-2,15-10-7-3)16-17-11-12-18-16;/h16H,5-15H2,1-4H3;1H. The van der Waals surface area contributed by atoms with E-state index in [2.05, 4.69) is 27.4 Å². The number of halogens is 1. The van der Waals surface area contributed by atoms with Crippen LogP contribution in [0.4, 0.5) is 0 Å². The van der Waals surface area contributed by atoms with Gasteiger partial charge >= 0.3 is 120 Å². The van der Waals surface area contributed by atoms with E-state index in [0.717, 1.165) is 13.2 Å². The second-order valence-electron chi connectivity index (χ2n) is 6.71. The van der Waals surface area contributed by atoms with Crippen molar-refractivity contribution in [2.75, 3.05) is 38.4 Å². The molecular formula is C16H36BrO2P. The minimum atomic E-state index is -1.86. The molecule has 4 heteroatoms. The van der Waals surface area contributed by atoms with Crippen LogP contribution in [-0.2, 0) is 9.47 Å². The van der Waals surface area contributed by atoms with Crippen molar-refractivity contribution in [3.63, 3.8) is 0 Å². The summed E-state index contributed by atoms with van der Waals surface area (Å²) in [6, 6.07) is 0.149. The Bertz CT molecular complexity index is 230. The first-order chi connectivity index (χ1) is 9.09. The molecular weight excluding hydrogens is 335 g/mol. The van der Waals surface area contributed by atoms with Gasteiger partial charge in [0, 0.05) is 0 Å². The van der Waals surface area contributed by atoms with E-state index in [1.54, 1.807) is 0 Å². The normalized spacial score (nSPS) is 18.5. The molecule has 0 N–H and O–H groups in total. The van der Waals surface area contributed by atoms with Crippen LogP contribution < -0.4 is 0 Å². The van der Waals surface area contributed by atoms with E-state index in [1.165, 1.54) is 57.0 Å². The minimum absolute atomic E-state index is 0. The van der Waals surface area contributed by atoms with Crippen LogP contribution in [0.2, 0.25) is 0 Å². The summed E-state index contributed by atoms with van der Waals surface area (Å²) in [5.74, 6) is 0. The number of hydrogen-bond acceptors (Lipinski definition) is 2. The Labute approximate surface area is 137 Å². The molecule has 0 aromatic carbocycles. The maximum atomic E-state index is 6.05. The number of ether oxygens (including phenoxy) is 2. The van der Waals surface area contributed by atoms with Gasteiger partial charge in [0.1, 0.15) is 0 Å². The Morgan fingerprint density at radius 2 is 1.15 bits per heavy atom. The summed E-state index contributed by atoms with van der Waals surface area (Å²) < 4.78 is 12.1. The van der Waals surface area contributed by atoms with Crippen LogP contribution in [0.5, 0.6) is 0 Å². The van der Waals surface area contributed by atoms with Crippen LogP contribution in [0.1, 0.15) is 59.3 Å². The summed E-state index contributed by atoms with van der Waals surface area (Å²) in [6.07, 6.45) is 12.0. The van der Waals surface area contributed by atoms with Gasteiger partial charge in [0.15, 0.2) is 0 Å². The molecule has 0 aliphatic carbocycles. The summed E-state index contributed by atoms with van der Waals surface area (Å²) in [4.78, 5) is 0. The number of rotatable bonds is 10. The average molecular weight is 371 g/mol. The van der Waals surface area contributed by atoms with Crippen molar-refractivity contribution >= 4 is 23.6 Å². The second kappa shape index (κ2) is 9.77. The van der Waals surface area contributed by atoms with Crippen molar-refractivity contribution in [1.29, 1.82) is 0 Å². The summed E-state index contributed by atoms with van der Waals surface area (Å²) in [5, 5.41) is 0. The van der Waals surface area contributed by atoms with Crippen LogP contribution in [-0.4, -0.2) is 44.4 Å². The van der Waals surface area contributed by atoms with Gasteiger partial charge in [0.2, 0.25) is 0 Å². The molecule has 0 atom stereocenters. The van der Waals surface area contributed by atoms with Crippen molar-refractivity contribution in [2.45, 2.75) is 65.3 Å². The monoisotopic (exact) mass is 370 g/mol. The molecule has 0 unspecified atom stereocenters.